The van der Waals surface area contributed by atoms with Crippen LogP contribution in [0.25, 0.3) is 0 Å². The third-order valence-electron chi connectivity index (χ3n) is 5.41. The van der Waals surface area contributed by atoms with Crippen molar-refractivity contribution in [3.05, 3.63) is 57.3 Å². The summed E-state index contributed by atoms with van der Waals surface area (Å²) in [5, 5.41) is 2.92. The number of nitrogens with one attached hydrogen (secondary N) is 1. The van der Waals surface area contributed by atoms with E-state index in [9.17, 15) is 9.59 Å². The van der Waals surface area contributed by atoms with Crippen LogP contribution < -0.4 is 15.9 Å². The summed E-state index contributed by atoms with van der Waals surface area (Å²) in [5.74, 6) is -0.186. The van der Waals surface area contributed by atoms with E-state index >= 15 is 0 Å². The van der Waals surface area contributed by atoms with Crippen LogP contribution in [0.1, 0.15) is 41.8 Å². The molecule has 1 aromatic heterocycles. The summed E-state index contributed by atoms with van der Waals surface area (Å²) < 4.78 is 1.43. The Bertz CT molecular complexity index is 882. The molecule has 0 spiro atoms. The van der Waals surface area contributed by atoms with Crippen LogP contribution in [0.5, 0.6) is 0 Å². The molecule has 27 heavy (non-hydrogen) atoms. The van der Waals surface area contributed by atoms with Gasteiger partial charge in [-0.25, -0.2) is 4.79 Å². The molecule has 6 heteroatoms. The van der Waals surface area contributed by atoms with E-state index in [-0.39, 0.29) is 18.1 Å². The molecule has 1 saturated heterocycles. The molecule has 3 rings (SSSR count). The van der Waals surface area contributed by atoms with E-state index in [1.807, 2.05) is 32.9 Å². The monoisotopic (exact) mass is 368 g/mol. The second-order valence-electron chi connectivity index (χ2n) is 7.27. The van der Waals surface area contributed by atoms with Gasteiger partial charge in [0.25, 0.3) is 0 Å². The first-order valence-electron chi connectivity index (χ1n) is 9.61. The molecular weight excluding hydrogens is 340 g/mol. The highest BCUT2D eigenvalue weighted by Gasteiger charge is 2.13. The number of anilines is 1. The molecule has 1 aliphatic heterocycles. The number of carbonyl (C=O) groups excluding carboxylic acids is 1. The van der Waals surface area contributed by atoms with Crippen LogP contribution in [0.15, 0.2) is 29.1 Å². The summed E-state index contributed by atoms with van der Waals surface area (Å²) in [6.07, 6.45) is 3.77. The van der Waals surface area contributed by atoms with Gasteiger partial charge in [-0.3, -0.25) is 9.36 Å². The third kappa shape index (κ3) is 4.56. The minimum atomic E-state index is -0.377. The van der Waals surface area contributed by atoms with Gasteiger partial charge in [-0.1, -0.05) is 12.1 Å². The first kappa shape index (κ1) is 19.1. The number of hydrogen-bond donors (Lipinski definition) is 1. The first-order valence-corrected chi connectivity index (χ1v) is 9.61. The quantitative estimate of drug-likeness (QED) is 0.880. The van der Waals surface area contributed by atoms with Crippen molar-refractivity contribution < 1.29 is 4.79 Å². The molecule has 1 N–H and O–H groups in total. The second kappa shape index (κ2) is 8.37. The Morgan fingerprint density at radius 3 is 2.63 bits per heavy atom. The summed E-state index contributed by atoms with van der Waals surface area (Å²) in [4.78, 5) is 30.9. The van der Waals surface area contributed by atoms with E-state index in [4.69, 9.17) is 0 Å². The lowest BCUT2D eigenvalue weighted by atomic mass is 10.1. The van der Waals surface area contributed by atoms with Gasteiger partial charge < -0.3 is 10.2 Å². The van der Waals surface area contributed by atoms with E-state index in [2.05, 4.69) is 27.3 Å². The molecule has 2 aromatic rings. The molecule has 1 amide bonds. The maximum absolute atomic E-state index is 12.4. The van der Waals surface area contributed by atoms with Gasteiger partial charge in [0.05, 0.1) is 0 Å². The molecule has 0 unspecified atom stereocenters. The molecule has 1 aromatic carbocycles. The van der Waals surface area contributed by atoms with E-state index in [1.165, 1.54) is 29.5 Å². The van der Waals surface area contributed by atoms with Crippen molar-refractivity contribution in [2.45, 2.75) is 53.1 Å². The van der Waals surface area contributed by atoms with Crippen molar-refractivity contribution in [3.8, 4) is 0 Å². The number of amides is 1. The maximum atomic E-state index is 12.4. The van der Waals surface area contributed by atoms with Crippen LogP contribution in [-0.4, -0.2) is 28.5 Å². The van der Waals surface area contributed by atoms with Crippen molar-refractivity contribution in [2.24, 2.45) is 0 Å². The minimum Gasteiger partial charge on any atom is -0.372 e. The van der Waals surface area contributed by atoms with Crippen molar-refractivity contribution >= 4 is 11.6 Å². The molecule has 0 radical (unpaired) electrons. The molecule has 0 atom stereocenters. The Morgan fingerprint density at radius 1 is 1.15 bits per heavy atom. The fourth-order valence-electron chi connectivity index (χ4n) is 3.50. The lowest BCUT2D eigenvalue weighted by Gasteiger charge is -2.29. The van der Waals surface area contributed by atoms with Crippen molar-refractivity contribution in [1.29, 1.82) is 0 Å². The maximum Gasteiger partial charge on any atom is 0.348 e. The fraction of sp³-hybridized carbons (Fsp3) is 0.476. The van der Waals surface area contributed by atoms with Gasteiger partial charge in [0.1, 0.15) is 6.54 Å². The Kier molecular flexibility index (Phi) is 5.94. The standard InChI is InChI=1S/C21H28N4O2/c1-15-16(2)23-21(27)25(17(15)3)14-20(26)22-13-18-8-7-9-19(12-18)24-10-5-4-6-11-24/h7-9,12H,4-6,10-11,13-14H2,1-3H3,(H,22,26). The van der Waals surface area contributed by atoms with Crippen LogP contribution in [0.3, 0.4) is 0 Å². The number of benzene rings is 1. The summed E-state index contributed by atoms with van der Waals surface area (Å²) in [6, 6.07) is 8.32. The summed E-state index contributed by atoms with van der Waals surface area (Å²) >= 11 is 0. The predicted octanol–water partition coefficient (Wildman–Crippen LogP) is 2.48. The summed E-state index contributed by atoms with van der Waals surface area (Å²) in [6.45, 7) is 8.20. The normalized spacial score (nSPS) is 14.3. The zero-order chi connectivity index (χ0) is 19.4. The fourth-order valence-corrected chi connectivity index (χ4v) is 3.50. The van der Waals surface area contributed by atoms with Crippen LogP contribution in [0, 0.1) is 20.8 Å². The highest BCUT2D eigenvalue weighted by Crippen LogP contribution is 2.20. The summed E-state index contributed by atoms with van der Waals surface area (Å²) in [7, 11) is 0. The highest BCUT2D eigenvalue weighted by atomic mass is 16.2. The van der Waals surface area contributed by atoms with E-state index < -0.39 is 0 Å². The van der Waals surface area contributed by atoms with Crippen molar-refractivity contribution in [1.82, 2.24) is 14.9 Å². The average molecular weight is 368 g/mol. The average Bonchev–Trinajstić information content (AvgIpc) is 2.69. The van der Waals surface area contributed by atoms with Gasteiger partial charge in [-0.15, -0.1) is 0 Å². The molecule has 1 fully saturated rings. The number of aromatic nitrogens is 2. The van der Waals surface area contributed by atoms with Gasteiger partial charge >= 0.3 is 5.69 Å². The number of rotatable bonds is 5. The van der Waals surface area contributed by atoms with E-state index in [0.29, 0.717) is 12.2 Å². The Balaban J connectivity index is 1.63. The van der Waals surface area contributed by atoms with Crippen molar-refractivity contribution in [3.63, 3.8) is 0 Å². The number of aryl methyl sites for hydroxylation is 1. The topological polar surface area (TPSA) is 67.2 Å². The molecule has 2 heterocycles. The van der Waals surface area contributed by atoms with Gasteiger partial charge in [0.15, 0.2) is 0 Å². The molecule has 6 nitrogen and oxygen atoms in total. The summed E-state index contributed by atoms with van der Waals surface area (Å²) in [5.41, 5.74) is 4.34. The zero-order valence-electron chi connectivity index (χ0n) is 16.4. The van der Waals surface area contributed by atoms with Crippen LogP contribution in [0.4, 0.5) is 5.69 Å². The van der Waals surface area contributed by atoms with Gasteiger partial charge in [0, 0.05) is 36.7 Å². The zero-order valence-corrected chi connectivity index (χ0v) is 16.4. The number of hydrogen-bond acceptors (Lipinski definition) is 4. The van der Waals surface area contributed by atoms with Crippen LogP contribution in [0.2, 0.25) is 0 Å². The number of piperidine rings is 1. The largest absolute Gasteiger partial charge is 0.372 e. The Morgan fingerprint density at radius 2 is 1.89 bits per heavy atom. The van der Waals surface area contributed by atoms with E-state index in [1.54, 1.807) is 0 Å². The SMILES string of the molecule is Cc1nc(=O)n(CC(=O)NCc2cccc(N3CCCCC3)c2)c(C)c1C. The minimum absolute atomic E-state index is 0.00932. The number of nitrogens with zero attached hydrogens (tertiary/aromatic N) is 3. The van der Waals surface area contributed by atoms with Crippen molar-refractivity contribution in [2.75, 3.05) is 18.0 Å². The lowest BCUT2D eigenvalue weighted by molar-refractivity contribution is -0.121. The van der Waals surface area contributed by atoms with Gasteiger partial charge in [-0.05, 0) is 63.3 Å². The smallest absolute Gasteiger partial charge is 0.348 e. The Hall–Kier alpha value is -2.63. The molecule has 1 aliphatic rings. The molecule has 0 bridgehead atoms. The molecule has 0 saturated carbocycles. The first-order chi connectivity index (χ1) is 13.0. The lowest BCUT2D eigenvalue weighted by Crippen LogP contribution is -2.35. The molecular formula is C21H28N4O2. The van der Waals surface area contributed by atoms with Gasteiger partial charge in [0.2, 0.25) is 5.91 Å². The Labute approximate surface area is 160 Å². The molecule has 0 aliphatic carbocycles. The predicted molar refractivity (Wildman–Crippen MR) is 107 cm³/mol. The second-order valence-corrected chi connectivity index (χ2v) is 7.27. The highest BCUT2D eigenvalue weighted by molar-refractivity contribution is 5.75. The third-order valence-corrected chi connectivity index (χ3v) is 5.41. The van der Waals surface area contributed by atoms with E-state index in [0.717, 1.165) is 29.9 Å². The molecule has 144 valence electrons. The van der Waals surface area contributed by atoms with Crippen LogP contribution >= 0.6 is 0 Å². The number of carbonyl (C=O) groups is 1. The van der Waals surface area contributed by atoms with Crippen LogP contribution in [-0.2, 0) is 17.9 Å². The van der Waals surface area contributed by atoms with Gasteiger partial charge in [-0.2, -0.15) is 4.98 Å².